The topological polar surface area (TPSA) is 65.9 Å². The number of aryl methyl sites for hydroxylation is 2. The molecule has 33 heavy (non-hydrogen) atoms. The van der Waals surface area contributed by atoms with Gasteiger partial charge in [0.25, 0.3) is 11.8 Å². The molecule has 0 spiro atoms. The number of ether oxygens (including phenoxy) is 1. The van der Waals surface area contributed by atoms with Crippen molar-refractivity contribution in [3.63, 3.8) is 0 Å². The van der Waals surface area contributed by atoms with Gasteiger partial charge < -0.3 is 14.7 Å². The highest BCUT2D eigenvalue weighted by atomic mass is 19.3. The van der Waals surface area contributed by atoms with Gasteiger partial charge in [-0.2, -0.15) is 8.78 Å². The first kappa shape index (κ1) is 22.6. The number of carbonyl (C=O) groups excluding carboxylic acids is 1. The van der Waals surface area contributed by atoms with E-state index in [4.69, 9.17) is 9.84 Å². The van der Waals surface area contributed by atoms with Crippen molar-refractivity contribution >= 4 is 23.0 Å². The molecule has 2 heterocycles. The molecular weight excluding hydrogens is 435 g/mol. The van der Waals surface area contributed by atoms with Crippen LogP contribution in [0.15, 0.2) is 48.5 Å². The molecular formula is C24H22F3N3O3. The molecule has 4 rings (SSSR count). The third-order valence-corrected chi connectivity index (χ3v) is 5.65. The van der Waals surface area contributed by atoms with Crippen molar-refractivity contribution in [2.75, 3.05) is 30.2 Å². The molecule has 1 aliphatic rings. The molecule has 0 bridgehead atoms. The lowest BCUT2D eigenvalue weighted by Crippen LogP contribution is -2.45. The highest BCUT2D eigenvalue weighted by molar-refractivity contribution is 6.13. The van der Waals surface area contributed by atoms with Crippen LogP contribution in [0.1, 0.15) is 27.2 Å². The average molecular weight is 457 g/mol. The van der Waals surface area contributed by atoms with Gasteiger partial charge in [0, 0.05) is 17.3 Å². The molecule has 0 aliphatic carbocycles. The Morgan fingerprint density at radius 3 is 2.39 bits per heavy atom. The molecule has 0 fully saturated rings. The summed E-state index contributed by atoms with van der Waals surface area (Å²) in [4.78, 5) is 20.9. The summed E-state index contributed by atoms with van der Waals surface area (Å²) in [6, 6.07) is 11.1. The number of aliphatic hydroxyl groups excluding tert-OH is 1. The van der Waals surface area contributed by atoms with Crippen molar-refractivity contribution in [2.45, 2.75) is 19.8 Å². The standard InChI is InChI=1S/C24H22F3N3O3/c1-14-10-17(25)5-7-19(14)29-13-30(20-8-9-22(33-3)28-15(20)2)23(32)18-6-4-16(11-21(18)29)24(26,27)12-31/h4-11,31H,12-13H2,1-3H3. The van der Waals surface area contributed by atoms with Crippen molar-refractivity contribution in [1.82, 2.24) is 4.98 Å². The zero-order valence-electron chi connectivity index (χ0n) is 18.3. The number of nitrogens with zero attached hydrogens (tertiary/aromatic N) is 3. The highest BCUT2D eigenvalue weighted by Crippen LogP contribution is 2.40. The monoisotopic (exact) mass is 457 g/mol. The lowest BCUT2D eigenvalue weighted by molar-refractivity contribution is -0.0556. The zero-order valence-corrected chi connectivity index (χ0v) is 18.3. The fourth-order valence-corrected chi connectivity index (χ4v) is 3.92. The quantitative estimate of drug-likeness (QED) is 0.603. The summed E-state index contributed by atoms with van der Waals surface area (Å²) in [5.41, 5.74) is 2.22. The number of amides is 1. The predicted octanol–water partition coefficient (Wildman–Crippen LogP) is 4.69. The van der Waals surface area contributed by atoms with Gasteiger partial charge in [-0.3, -0.25) is 9.69 Å². The van der Waals surface area contributed by atoms with Crippen LogP contribution >= 0.6 is 0 Å². The van der Waals surface area contributed by atoms with Crippen LogP contribution in [-0.4, -0.2) is 36.4 Å². The van der Waals surface area contributed by atoms with Gasteiger partial charge in [-0.1, -0.05) is 6.07 Å². The van der Waals surface area contributed by atoms with Gasteiger partial charge in [-0.15, -0.1) is 0 Å². The van der Waals surface area contributed by atoms with Crippen LogP contribution in [0.25, 0.3) is 0 Å². The number of carbonyl (C=O) groups is 1. The van der Waals surface area contributed by atoms with Crippen LogP contribution in [0, 0.1) is 19.7 Å². The first-order valence-electron chi connectivity index (χ1n) is 10.2. The van der Waals surface area contributed by atoms with E-state index in [0.29, 0.717) is 28.5 Å². The third kappa shape index (κ3) is 4.00. The summed E-state index contributed by atoms with van der Waals surface area (Å²) < 4.78 is 47.4. The number of rotatable bonds is 5. The molecule has 0 atom stereocenters. The first-order chi connectivity index (χ1) is 15.7. The van der Waals surface area contributed by atoms with Crippen molar-refractivity contribution in [3.05, 3.63) is 76.7 Å². The molecule has 9 heteroatoms. The molecule has 1 aromatic heterocycles. The first-order valence-corrected chi connectivity index (χ1v) is 10.2. The van der Waals surface area contributed by atoms with Gasteiger partial charge in [-0.25, -0.2) is 9.37 Å². The molecule has 0 radical (unpaired) electrons. The molecule has 0 unspecified atom stereocenters. The number of methoxy groups -OCH3 is 1. The van der Waals surface area contributed by atoms with E-state index < -0.39 is 29.8 Å². The van der Waals surface area contributed by atoms with Gasteiger partial charge >= 0.3 is 0 Å². The van der Waals surface area contributed by atoms with Crippen molar-refractivity contribution in [2.24, 2.45) is 0 Å². The largest absolute Gasteiger partial charge is 0.481 e. The van der Waals surface area contributed by atoms with Gasteiger partial charge in [0.05, 0.1) is 29.7 Å². The Bertz CT molecular complexity index is 1230. The van der Waals surface area contributed by atoms with E-state index in [2.05, 4.69) is 4.98 Å². The molecule has 1 N–H and O–H groups in total. The number of alkyl halides is 2. The molecule has 172 valence electrons. The summed E-state index contributed by atoms with van der Waals surface area (Å²) >= 11 is 0. The van der Waals surface area contributed by atoms with E-state index >= 15 is 0 Å². The van der Waals surface area contributed by atoms with Gasteiger partial charge in [0.2, 0.25) is 5.88 Å². The summed E-state index contributed by atoms with van der Waals surface area (Å²) in [5, 5.41) is 9.13. The maximum atomic E-state index is 14.2. The minimum atomic E-state index is -3.48. The lowest BCUT2D eigenvalue weighted by Gasteiger charge is -2.39. The van der Waals surface area contributed by atoms with Crippen molar-refractivity contribution in [3.8, 4) is 5.88 Å². The zero-order chi connectivity index (χ0) is 23.9. The Balaban J connectivity index is 1.90. The van der Waals surface area contributed by atoms with E-state index in [-0.39, 0.29) is 17.9 Å². The van der Waals surface area contributed by atoms with E-state index in [1.54, 1.807) is 36.9 Å². The number of aliphatic hydroxyl groups is 1. The molecule has 6 nitrogen and oxygen atoms in total. The summed E-state index contributed by atoms with van der Waals surface area (Å²) in [6.07, 6.45) is 0. The second-order valence-corrected chi connectivity index (χ2v) is 7.79. The number of anilines is 3. The van der Waals surface area contributed by atoms with E-state index in [9.17, 15) is 18.0 Å². The number of hydrogen-bond donors (Lipinski definition) is 1. The third-order valence-electron chi connectivity index (χ3n) is 5.65. The predicted molar refractivity (Wildman–Crippen MR) is 118 cm³/mol. The fraction of sp³-hybridized carbons (Fsp3) is 0.250. The number of aromatic nitrogens is 1. The SMILES string of the molecule is COc1ccc(N2CN(c3ccc(F)cc3C)c3cc(C(F)(F)CO)ccc3C2=O)c(C)n1. The Hall–Kier alpha value is -3.59. The second-order valence-electron chi connectivity index (χ2n) is 7.79. The fourth-order valence-electron chi connectivity index (χ4n) is 3.92. The minimum Gasteiger partial charge on any atom is -0.481 e. The number of fused-ring (bicyclic) bond motifs is 1. The van der Waals surface area contributed by atoms with E-state index in [0.717, 1.165) is 6.07 Å². The maximum absolute atomic E-state index is 14.2. The molecule has 0 saturated heterocycles. The highest BCUT2D eigenvalue weighted by Gasteiger charge is 2.36. The Kier molecular flexibility index (Phi) is 5.75. The molecule has 0 saturated carbocycles. The van der Waals surface area contributed by atoms with Crippen LogP contribution in [0.5, 0.6) is 5.88 Å². The van der Waals surface area contributed by atoms with Gasteiger partial charge in [-0.05, 0) is 55.8 Å². The van der Waals surface area contributed by atoms with Crippen LogP contribution in [0.3, 0.4) is 0 Å². The van der Waals surface area contributed by atoms with Crippen molar-refractivity contribution < 1.29 is 27.8 Å². The smallest absolute Gasteiger partial charge is 0.295 e. The molecule has 2 aromatic carbocycles. The van der Waals surface area contributed by atoms with Crippen LogP contribution in [-0.2, 0) is 5.92 Å². The van der Waals surface area contributed by atoms with Crippen LogP contribution in [0.2, 0.25) is 0 Å². The van der Waals surface area contributed by atoms with Crippen LogP contribution in [0.4, 0.5) is 30.2 Å². The Morgan fingerprint density at radius 1 is 1.03 bits per heavy atom. The van der Waals surface area contributed by atoms with E-state index in [1.165, 1.54) is 36.3 Å². The molecule has 3 aromatic rings. The summed E-state index contributed by atoms with van der Waals surface area (Å²) in [7, 11) is 1.49. The Labute approximate surface area is 188 Å². The maximum Gasteiger partial charge on any atom is 0.295 e. The van der Waals surface area contributed by atoms with Gasteiger partial charge in [0.1, 0.15) is 19.1 Å². The van der Waals surface area contributed by atoms with E-state index in [1.807, 2.05) is 0 Å². The lowest BCUT2D eigenvalue weighted by atomic mass is 9.99. The minimum absolute atomic E-state index is 0.0126. The summed E-state index contributed by atoms with van der Waals surface area (Å²) in [6.45, 7) is 2.06. The van der Waals surface area contributed by atoms with Crippen molar-refractivity contribution in [1.29, 1.82) is 0 Å². The molecule has 1 aliphatic heterocycles. The average Bonchev–Trinajstić information content (AvgIpc) is 2.80. The number of hydrogen-bond acceptors (Lipinski definition) is 5. The number of halogens is 3. The van der Waals surface area contributed by atoms with Crippen LogP contribution < -0.4 is 14.5 Å². The normalized spacial score (nSPS) is 13.8. The number of pyridine rings is 1. The number of benzene rings is 2. The second kappa shape index (κ2) is 8.40. The Morgan fingerprint density at radius 2 is 1.76 bits per heavy atom. The molecule has 1 amide bonds. The van der Waals surface area contributed by atoms with Gasteiger partial charge in [0.15, 0.2) is 0 Å². The summed E-state index contributed by atoms with van der Waals surface area (Å²) in [5.74, 6) is -3.91.